The molecule has 1 N–H and O–H groups in total. The van der Waals surface area contributed by atoms with Gasteiger partial charge in [0.1, 0.15) is 11.5 Å². The lowest BCUT2D eigenvalue weighted by Gasteiger charge is -2.34. The number of hydrogen-bond donors (Lipinski definition) is 1. The van der Waals surface area contributed by atoms with Gasteiger partial charge in [-0.2, -0.15) is 0 Å². The third-order valence-corrected chi connectivity index (χ3v) is 5.41. The van der Waals surface area contributed by atoms with Crippen LogP contribution in [0.1, 0.15) is 11.3 Å². The molecule has 2 aromatic carbocycles. The number of ether oxygens (including phenoxy) is 1. The summed E-state index contributed by atoms with van der Waals surface area (Å²) < 4.78 is 5.92. The van der Waals surface area contributed by atoms with Crippen molar-refractivity contribution >= 4 is 11.6 Å². The molecule has 160 valence electrons. The van der Waals surface area contributed by atoms with Gasteiger partial charge in [-0.1, -0.05) is 30.3 Å². The smallest absolute Gasteiger partial charge is 0.224 e. The third kappa shape index (κ3) is 6.06. The summed E-state index contributed by atoms with van der Waals surface area (Å²) in [6.07, 6.45) is 2.05. The van der Waals surface area contributed by atoms with Crippen LogP contribution in [-0.4, -0.2) is 49.0 Å². The van der Waals surface area contributed by atoms with Crippen molar-refractivity contribution in [3.05, 3.63) is 84.2 Å². The number of benzene rings is 2. The van der Waals surface area contributed by atoms with E-state index in [-0.39, 0.29) is 5.91 Å². The predicted molar refractivity (Wildman–Crippen MR) is 122 cm³/mol. The SMILES string of the molecule is CN1CCN(c2ccc(Oc3ccc(CNC(=O)Cc4ccccc4)nc3)cc2)CC1. The van der Waals surface area contributed by atoms with Crippen molar-refractivity contribution in [1.82, 2.24) is 15.2 Å². The number of hydrogen-bond acceptors (Lipinski definition) is 5. The van der Waals surface area contributed by atoms with E-state index in [4.69, 9.17) is 4.74 Å². The molecule has 1 aliphatic rings. The Balaban J connectivity index is 1.26. The Morgan fingerprint density at radius 3 is 2.32 bits per heavy atom. The largest absolute Gasteiger partial charge is 0.456 e. The second-order valence-corrected chi connectivity index (χ2v) is 7.81. The summed E-state index contributed by atoms with van der Waals surface area (Å²) >= 11 is 0. The summed E-state index contributed by atoms with van der Waals surface area (Å²) in [5.74, 6) is 1.43. The standard InChI is InChI=1S/C25H28N4O2/c1-28-13-15-29(16-14-28)22-8-11-23(12-9-22)31-24-10-7-21(26-19-24)18-27-25(30)17-20-5-3-2-4-6-20/h2-12,19H,13-18H2,1H3,(H,27,30). The van der Waals surface area contributed by atoms with Crippen LogP contribution in [0.4, 0.5) is 5.69 Å². The minimum absolute atomic E-state index is 0.0197. The van der Waals surface area contributed by atoms with Crippen molar-refractivity contribution in [2.24, 2.45) is 0 Å². The number of piperazine rings is 1. The van der Waals surface area contributed by atoms with E-state index in [1.165, 1.54) is 5.69 Å². The lowest BCUT2D eigenvalue weighted by atomic mass is 10.1. The Kier molecular flexibility index (Phi) is 6.79. The molecule has 1 amide bonds. The van der Waals surface area contributed by atoms with Gasteiger partial charge in [-0.15, -0.1) is 0 Å². The maximum absolute atomic E-state index is 12.1. The van der Waals surface area contributed by atoms with E-state index in [0.717, 1.165) is 43.2 Å². The summed E-state index contributed by atoms with van der Waals surface area (Å²) in [4.78, 5) is 21.2. The number of rotatable bonds is 7. The van der Waals surface area contributed by atoms with Crippen LogP contribution in [0.25, 0.3) is 0 Å². The first-order chi connectivity index (χ1) is 15.2. The van der Waals surface area contributed by atoms with Gasteiger partial charge in [0.2, 0.25) is 5.91 Å². The number of carbonyl (C=O) groups is 1. The van der Waals surface area contributed by atoms with Gasteiger partial charge >= 0.3 is 0 Å². The number of likely N-dealkylation sites (N-methyl/N-ethyl adjacent to an activating group) is 1. The van der Waals surface area contributed by atoms with Crippen molar-refractivity contribution in [3.8, 4) is 11.5 Å². The fraction of sp³-hybridized carbons (Fsp3) is 0.280. The molecule has 0 atom stereocenters. The topological polar surface area (TPSA) is 57.7 Å². The van der Waals surface area contributed by atoms with Gasteiger partial charge in [-0.25, -0.2) is 0 Å². The number of nitrogens with one attached hydrogen (secondary N) is 1. The van der Waals surface area contributed by atoms with Crippen LogP contribution in [-0.2, 0) is 17.8 Å². The Labute approximate surface area is 183 Å². The molecule has 1 fully saturated rings. The summed E-state index contributed by atoms with van der Waals surface area (Å²) in [6.45, 7) is 4.66. The number of carbonyl (C=O) groups excluding carboxylic acids is 1. The van der Waals surface area contributed by atoms with E-state index in [2.05, 4.69) is 39.3 Å². The number of amides is 1. The van der Waals surface area contributed by atoms with Gasteiger partial charge < -0.3 is 19.9 Å². The van der Waals surface area contributed by atoms with Crippen LogP contribution < -0.4 is 15.0 Å². The zero-order chi connectivity index (χ0) is 21.5. The molecule has 0 radical (unpaired) electrons. The normalized spacial score (nSPS) is 14.3. The fourth-order valence-corrected chi connectivity index (χ4v) is 3.53. The molecule has 1 aliphatic heterocycles. The molecule has 0 saturated carbocycles. The Morgan fingerprint density at radius 2 is 1.65 bits per heavy atom. The summed E-state index contributed by atoms with van der Waals surface area (Å²) in [5, 5.41) is 2.91. The van der Waals surface area contributed by atoms with Crippen LogP contribution in [0.15, 0.2) is 72.9 Å². The van der Waals surface area contributed by atoms with Crippen LogP contribution in [0.5, 0.6) is 11.5 Å². The van der Waals surface area contributed by atoms with Crippen LogP contribution in [0.3, 0.4) is 0 Å². The number of anilines is 1. The van der Waals surface area contributed by atoms with Crippen molar-refractivity contribution < 1.29 is 9.53 Å². The quantitative estimate of drug-likeness (QED) is 0.639. The second-order valence-electron chi connectivity index (χ2n) is 7.81. The Hall–Kier alpha value is -3.38. The second kappa shape index (κ2) is 10.1. The monoisotopic (exact) mass is 416 g/mol. The third-order valence-electron chi connectivity index (χ3n) is 5.41. The minimum atomic E-state index is -0.0197. The van der Waals surface area contributed by atoms with E-state index in [0.29, 0.717) is 18.7 Å². The van der Waals surface area contributed by atoms with E-state index >= 15 is 0 Å². The highest BCUT2D eigenvalue weighted by Crippen LogP contribution is 2.24. The highest BCUT2D eigenvalue weighted by atomic mass is 16.5. The first-order valence-electron chi connectivity index (χ1n) is 10.6. The summed E-state index contributed by atoms with van der Waals surface area (Å²) in [7, 11) is 2.16. The number of nitrogens with zero attached hydrogens (tertiary/aromatic N) is 3. The lowest BCUT2D eigenvalue weighted by molar-refractivity contribution is -0.120. The molecule has 4 rings (SSSR count). The summed E-state index contributed by atoms with van der Waals surface area (Å²) in [5.41, 5.74) is 3.01. The highest BCUT2D eigenvalue weighted by Gasteiger charge is 2.14. The molecule has 0 bridgehead atoms. The van der Waals surface area contributed by atoms with Crippen molar-refractivity contribution in [2.45, 2.75) is 13.0 Å². The van der Waals surface area contributed by atoms with Crippen LogP contribution in [0, 0.1) is 0 Å². The Bertz CT molecular complexity index is 967. The van der Waals surface area contributed by atoms with Crippen molar-refractivity contribution in [3.63, 3.8) is 0 Å². The van der Waals surface area contributed by atoms with E-state index in [1.807, 2.05) is 54.6 Å². The van der Waals surface area contributed by atoms with Crippen molar-refractivity contribution in [1.29, 1.82) is 0 Å². The molecule has 31 heavy (non-hydrogen) atoms. The molecule has 6 nitrogen and oxygen atoms in total. The van der Waals surface area contributed by atoms with Gasteiger partial charge in [0.25, 0.3) is 0 Å². The Morgan fingerprint density at radius 1 is 0.935 bits per heavy atom. The highest BCUT2D eigenvalue weighted by molar-refractivity contribution is 5.78. The van der Waals surface area contributed by atoms with E-state index in [9.17, 15) is 4.79 Å². The van der Waals surface area contributed by atoms with Gasteiger partial charge in [0, 0.05) is 31.9 Å². The molecule has 2 heterocycles. The molecule has 0 unspecified atom stereocenters. The van der Waals surface area contributed by atoms with E-state index in [1.54, 1.807) is 6.20 Å². The van der Waals surface area contributed by atoms with Crippen molar-refractivity contribution in [2.75, 3.05) is 38.1 Å². The molecular weight excluding hydrogens is 388 g/mol. The van der Waals surface area contributed by atoms with Gasteiger partial charge in [-0.3, -0.25) is 9.78 Å². The molecule has 6 heteroatoms. The van der Waals surface area contributed by atoms with Gasteiger partial charge in [-0.05, 0) is 49.0 Å². The molecule has 0 spiro atoms. The number of pyridine rings is 1. The maximum atomic E-state index is 12.1. The van der Waals surface area contributed by atoms with Gasteiger partial charge in [0.15, 0.2) is 0 Å². The zero-order valence-corrected chi connectivity index (χ0v) is 17.8. The fourth-order valence-electron chi connectivity index (χ4n) is 3.53. The van der Waals surface area contributed by atoms with Crippen LogP contribution >= 0.6 is 0 Å². The lowest BCUT2D eigenvalue weighted by Crippen LogP contribution is -2.44. The predicted octanol–water partition coefficient (Wildman–Crippen LogP) is 3.48. The van der Waals surface area contributed by atoms with Crippen LogP contribution in [0.2, 0.25) is 0 Å². The molecule has 1 aromatic heterocycles. The maximum Gasteiger partial charge on any atom is 0.224 e. The van der Waals surface area contributed by atoms with Gasteiger partial charge in [0.05, 0.1) is 24.9 Å². The molecule has 3 aromatic rings. The first-order valence-corrected chi connectivity index (χ1v) is 10.6. The summed E-state index contributed by atoms with van der Waals surface area (Å²) in [6, 6.07) is 21.6. The van der Waals surface area contributed by atoms with E-state index < -0.39 is 0 Å². The minimum Gasteiger partial charge on any atom is -0.456 e. The average molecular weight is 417 g/mol. The molecular formula is C25H28N4O2. The molecule has 0 aliphatic carbocycles. The number of aromatic nitrogens is 1. The average Bonchev–Trinajstić information content (AvgIpc) is 2.80. The molecule has 1 saturated heterocycles. The first kappa shape index (κ1) is 20.9. The zero-order valence-electron chi connectivity index (χ0n) is 17.8.